The van der Waals surface area contributed by atoms with E-state index in [0.717, 1.165) is 0 Å². The predicted octanol–water partition coefficient (Wildman–Crippen LogP) is 1.34. The van der Waals surface area contributed by atoms with Crippen molar-refractivity contribution in [1.29, 1.82) is 0 Å². The van der Waals surface area contributed by atoms with Crippen LogP contribution in [-0.4, -0.2) is 48.1 Å². The van der Waals surface area contributed by atoms with Crippen LogP contribution in [0.5, 0.6) is 6.01 Å². The minimum Gasteiger partial charge on any atom is -0.461 e. The van der Waals surface area contributed by atoms with Gasteiger partial charge in [-0.2, -0.15) is 15.0 Å². The topological polar surface area (TPSA) is 78.4 Å². The summed E-state index contributed by atoms with van der Waals surface area (Å²) in [5.74, 6) is 0.310. The zero-order valence-electron chi connectivity index (χ0n) is 10.8. The van der Waals surface area contributed by atoms with Crippen molar-refractivity contribution in [3.63, 3.8) is 0 Å². The average molecular weight is 277 g/mol. The fraction of sp³-hybridized carbons (Fsp3) is 0.700. The van der Waals surface area contributed by atoms with Crippen molar-refractivity contribution in [3.05, 3.63) is 5.28 Å². The highest BCUT2D eigenvalue weighted by Crippen LogP contribution is 2.12. The Bertz CT molecular complexity index is 374. The van der Waals surface area contributed by atoms with Gasteiger partial charge in [0.25, 0.3) is 0 Å². The van der Waals surface area contributed by atoms with Gasteiger partial charge < -0.3 is 19.5 Å². The largest absolute Gasteiger partial charge is 0.461 e. The second-order valence-electron chi connectivity index (χ2n) is 3.66. The molecule has 1 rings (SSSR count). The van der Waals surface area contributed by atoms with E-state index in [1.54, 1.807) is 14.2 Å². The Morgan fingerprint density at radius 2 is 1.83 bits per heavy atom. The number of hydrogen-bond acceptors (Lipinski definition) is 7. The highest BCUT2D eigenvalue weighted by atomic mass is 35.5. The SMILES string of the molecule is COC(CNc1nc(Cl)nc(OC(C)C)n1)OC. The molecule has 0 aromatic carbocycles. The molecule has 0 bridgehead atoms. The van der Waals surface area contributed by atoms with Crippen LogP contribution in [-0.2, 0) is 9.47 Å². The van der Waals surface area contributed by atoms with E-state index in [0.29, 0.717) is 12.5 Å². The Kier molecular flexibility index (Phi) is 6.03. The lowest BCUT2D eigenvalue weighted by Crippen LogP contribution is -2.24. The molecule has 0 aliphatic carbocycles. The van der Waals surface area contributed by atoms with E-state index in [1.807, 2.05) is 13.8 Å². The first-order chi connectivity index (χ1) is 8.55. The fourth-order valence-electron chi connectivity index (χ4n) is 1.11. The van der Waals surface area contributed by atoms with Crippen molar-refractivity contribution >= 4 is 17.5 Å². The number of nitrogens with zero attached hydrogens (tertiary/aromatic N) is 3. The van der Waals surface area contributed by atoms with E-state index in [9.17, 15) is 0 Å². The molecule has 1 heterocycles. The number of hydrogen-bond donors (Lipinski definition) is 1. The van der Waals surface area contributed by atoms with Crippen LogP contribution >= 0.6 is 11.6 Å². The number of ether oxygens (including phenoxy) is 3. The van der Waals surface area contributed by atoms with Crippen LogP contribution in [0.3, 0.4) is 0 Å². The average Bonchev–Trinajstić information content (AvgIpc) is 2.28. The summed E-state index contributed by atoms with van der Waals surface area (Å²) in [7, 11) is 3.09. The van der Waals surface area contributed by atoms with Gasteiger partial charge in [0.1, 0.15) is 0 Å². The van der Waals surface area contributed by atoms with Crippen LogP contribution in [0.15, 0.2) is 0 Å². The zero-order chi connectivity index (χ0) is 13.5. The van der Waals surface area contributed by atoms with E-state index in [1.165, 1.54) is 0 Å². The van der Waals surface area contributed by atoms with Gasteiger partial charge in [0.2, 0.25) is 11.2 Å². The van der Waals surface area contributed by atoms with E-state index in [2.05, 4.69) is 20.3 Å². The Morgan fingerprint density at radius 3 is 2.39 bits per heavy atom. The highest BCUT2D eigenvalue weighted by molar-refractivity contribution is 6.28. The summed E-state index contributed by atoms with van der Waals surface area (Å²) < 4.78 is 15.4. The monoisotopic (exact) mass is 276 g/mol. The molecule has 0 spiro atoms. The van der Waals surface area contributed by atoms with Gasteiger partial charge in [-0.25, -0.2) is 0 Å². The Morgan fingerprint density at radius 1 is 1.17 bits per heavy atom. The molecule has 0 radical (unpaired) electrons. The van der Waals surface area contributed by atoms with Crippen molar-refractivity contribution < 1.29 is 14.2 Å². The van der Waals surface area contributed by atoms with Crippen molar-refractivity contribution in [1.82, 2.24) is 15.0 Å². The maximum atomic E-state index is 5.77. The smallest absolute Gasteiger partial charge is 0.322 e. The standard InChI is InChI=1S/C10H17ClN4O3/c1-6(2)18-10-14-8(11)13-9(15-10)12-5-7(16-3)17-4/h6-7H,5H2,1-4H3,(H,12,13,14,15). The van der Waals surface area contributed by atoms with Gasteiger partial charge >= 0.3 is 6.01 Å². The van der Waals surface area contributed by atoms with Gasteiger partial charge in [0.05, 0.1) is 12.6 Å². The lowest BCUT2D eigenvalue weighted by molar-refractivity contribution is -0.0914. The molecule has 8 heteroatoms. The third-order valence-electron chi connectivity index (χ3n) is 1.88. The summed E-state index contributed by atoms with van der Waals surface area (Å²) >= 11 is 5.77. The third-order valence-corrected chi connectivity index (χ3v) is 2.05. The normalized spacial score (nSPS) is 11.1. The first kappa shape index (κ1) is 14.9. The maximum Gasteiger partial charge on any atom is 0.322 e. The lowest BCUT2D eigenvalue weighted by atomic mass is 10.5. The molecule has 0 saturated carbocycles. The van der Waals surface area contributed by atoms with Crippen LogP contribution in [0, 0.1) is 0 Å². The van der Waals surface area contributed by atoms with Gasteiger partial charge in [-0.1, -0.05) is 0 Å². The first-order valence-electron chi connectivity index (χ1n) is 5.42. The Hall–Kier alpha value is -1.18. The molecule has 1 N–H and O–H groups in total. The molecule has 1 aromatic rings. The molecular formula is C10H17ClN4O3. The molecule has 18 heavy (non-hydrogen) atoms. The zero-order valence-corrected chi connectivity index (χ0v) is 11.6. The summed E-state index contributed by atoms with van der Waals surface area (Å²) in [6.45, 7) is 4.13. The summed E-state index contributed by atoms with van der Waals surface area (Å²) in [5.41, 5.74) is 0. The summed E-state index contributed by atoms with van der Waals surface area (Å²) in [5, 5.41) is 2.99. The fourth-order valence-corrected chi connectivity index (χ4v) is 1.26. The molecule has 1 aromatic heterocycles. The molecule has 0 aliphatic heterocycles. The van der Waals surface area contributed by atoms with E-state index >= 15 is 0 Å². The van der Waals surface area contributed by atoms with Crippen molar-refractivity contribution in [2.24, 2.45) is 0 Å². The van der Waals surface area contributed by atoms with Crippen molar-refractivity contribution in [3.8, 4) is 6.01 Å². The minimum absolute atomic E-state index is 0.0398. The summed E-state index contributed by atoms with van der Waals surface area (Å²) in [4.78, 5) is 11.8. The highest BCUT2D eigenvalue weighted by Gasteiger charge is 2.10. The predicted molar refractivity (Wildman–Crippen MR) is 66.9 cm³/mol. The van der Waals surface area contributed by atoms with Crippen LogP contribution in [0.2, 0.25) is 5.28 Å². The van der Waals surface area contributed by atoms with Crippen molar-refractivity contribution in [2.75, 3.05) is 26.1 Å². The maximum absolute atomic E-state index is 5.77. The van der Waals surface area contributed by atoms with Gasteiger partial charge in [0, 0.05) is 14.2 Å². The van der Waals surface area contributed by atoms with E-state index in [4.69, 9.17) is 25.8 Å². The quantitative estimate of drug-likeness (QED) is 0.753. The number of aromatic nitrogens is 3. The van der Waals surface area contributed by atoms with E-state index in [-0.39, 0.29) is 17.4 Å². The molecule has 102 valence electrons. The molecule has 0 aliphatic rings. The Balaban J connectivity index is 2.67. The molecule has 0 atom stereocenters. The van der Waals surface area contributed by atoms with Crippen LogP contribution < -0.4 is 10.1 Å². The third kappa shape index (κ3) is 4.99. The molecule has 0 amide bonds. The molecule has 0 saturated heterocycles. The van der Waals surface area contributed by atoms with Crippen LogP contribution in [0.4, 0.5) is 5.95 Å². The first-order valence-corrected chi connectivity index (χ1v) is 5.80. The minimum atomic E-state index is -0.394. The lowest BCUT2D eigenvalue weighted by Gasteiger charge is -2.14. The number of anilines is 1. The van der Waals surface area contributed by atoms with Gasteiger partial charge in [-0.05, 0) is 25.4 Å². The van der Waals surface area contributed by atoms with Crippen LogP contribution in [0.1, 0.15) is 13.8 Å². The van der Waals surface area contributed by atoms with E-state index < -0.39 is 6.29 Å². The molecule has 0 fully saturated rings. The van der Waals surface area contributed by atoms with Gasteiger partial charge in [-0.3, -0.25) is 0 Å². The summed E-state index contributed by atoms with van der Waals surface area (Å²) in [6.07, 6.45) is -0.433. The van der Waals surface area contributed by atoms with Gasteiger partial charge in [0.15, 0.2) is 6.29 Å². The summed E-state index contributed by atoms with van der Waals surface area (Å²) in [6, 6.07) is 0.180. The molecular weight excluding hydrogens is 260 g/mol. The van der Waals surface area contributed by atoms with Crippen molar-refractivity contribution in [2.45, 2.75) is 26.2 Å². The Labute approximate surface area is 111 Å². The number of halogens is 1. The molecule has 0 unspecified atom stereocenters. The second-order valence-corrected chi connectivity index (χ2v) is 4.00. The number of nitrogens with one attached hydrogen (secondary N) is 1. The number of methoxy groups -OCH3 is 2. The van der Waals surface area contributed by atoms with Crippen LogP contribution in [0.25, 0.3) is 0 Å². The molecule has 7 nitrogen and oxygen atoms in total. The van der Waals surface area contributed by atoms with Gasteiger partial charge in [-0.15, -0.1) is 0 Å². The number of rotatable bonds is 7. The second kappa shape index (κ2) is 7.30.